The largest absolute Gasteiger partial charge is 0.467 e. The maximum absolute atomic E-state index is 13.7. The number of thioether (sulfide) groups is 1. The number of rotatable bonds is 7. The van der Waals surface area contributed by atoms with E-state index in [2.05, 4.69) is 5.32 Å². The molecule has 0 fully saturated rings. The molecule has 1 aliphatic rings. The fraction of sp³-hybridized carbons (Fsp3) is 0.308. The molecule has 1 aliphatic heterocycles. The van der Waals surface area contributed by atoms with Gasteiger partial charge in [0, 0.05) is 24.9 Å². The minimum atomic E-state index is -0.146. The zero-order valence-corrected chi connectivity index (χ0v) is 21.7. The van der Waals surface area contributed by atoms with Crippen LogP contribution >= 0.6 is 23.1 Å². The Hall–Kier alpha value is -3.37. The number of nitrogens with zero attached hydrogens (tertiary/aromatic N) is 3. The van der Waals surface area contributed by atoms with E-state index >= 15 is 0 Å². The third-order valence-corrected chi connectivity index (χ3v) is 8.29. The molecule has 0 saturated carbocycles. The number of thiophene rings is 1. The van der Waals surface area contributed by atoms with Crippen molar-refractivity contribution in [3.05, 3.63) is 80.3 Å². The Balaban J connectivity index is 1.41. The lowest BCUT2D eigenvalue weighted by molar-refractivity contribution is -0.129. The third-order valence-electron chi connectivity index (χ3n) is 6.21. The van der Waals surface area contributed by atoms with Crippen LogP contribution in [0.15, 0.2) is 57.0 Å². The minimum absolute atomic E-state index is 0.0224. The van der Waals surface area contributed by atoms with Crippen molar-refractivity contribution in [3.8, 4) is 0 Å². The second kappa shape index (κ2) is 10.3. The normalized spacial score (nSPS) is 13.1. The number of nitrogens with one attached hydrogen (secondary N) is 1. The maximum Gasteiger partial charge on any atom is 0.263 e. The highest BCUT2D eigenvalue weighted by atomic mass is 32.2. The van der Waals surface area contributed by atoms with Gasteiger partial charge < -0.3 is 14.6 Å². The molecule has 5 rings (SSSR count). The quantitative estimate of drug-likeness (QED) is 0.294. The van der Waals surface area contributed by atoms with Crippen LogP contribution < -0.4 is 10.9 Å². The van der Waals surface area contributed by atoms with Crippen LogP contribution in [0.5, 0.6) is 0 Å². The summed E-state index contributed by atoms with van der Waals surface area (Å²) < 4.78 is 7.08. The van der Waals surface area contributed by atoms with E-state index in [-0.39, 0.29) is 29.7 Å². The Kier molecular flexibility index (Phi) is 6.97. The Morgan fingerprint density at radius 3 is 2.75 bits per heavy atom. The lowest BCUT2D eigenvalue weighted by Gasteiger charge is -2.25. The van der Waals surface area contributed by atoms with Crippen LogP contribution in [0, 0.1) is 6.92 Å². The Bertz CT molecular complexity index is 1470. The fourth-order valence-corrected chi connectivity index (χ4v) is 6.33. The molecule has 0 bridgehead atoms. The smallest absolute Gasteiger partial charge is 0.263 e. The average molecular weight is 523 g/mol. The summed E-state index contributed by atoms with van der Waals surface area (Å²) in [6.07, 6.45) is 2.20. The van der Waals surface area contributed by atoms with Crippen LogP contribution in [0.25, 0.3) is 10.2 Å². The summed E-state index contributed by atoms with van der Waals surface area (Å²) in [5, 5.41) is 4.01. The van der Waals surface area contributed by atoms with Crippen molar-refractivity contribution in [2.45, 2.75) is 45.1 Å². The first-order valence-corrected chi connectivity index (χ1v) is 13.5. The summed E-state index contributed by atoms with van der Waals surface area (Å²) in [5.74, 6) is 0.651. The second-order valence-electron chi connectivity index (χ2n) is 8.79. The number of hydrogen-bond acceptors (Lipinski definition) is 7. The predicted octanol–water partition coefficient (Wildman–Crippen LogP) is 3.72. The zero-order valence-electron chi connectivity index (χ0n) is 20.1. The first-order valence-electron chi connectivity index (χ1n) is 11.7. The Morgan fingerprint density at radius 2 is 2.03 bits per heavy atom. The molecule has 4 aromatic rings. The molecule has 4 heterocycles. The lowest BCUT2D eigenvalue weighted by atomic mass is 10.1. The van der Waals surface area contributed by atoms with Gasteiger partial charge in [-0.3, -0.25) is 19.0 Å². The monoisotopic (exact) mass is 522 g/mol. The van der Waals surface area contributed by atoms with E-state index in [1.807, 2.05) is 37.3 Å². The molecule has 0 aliphatic carbocycles. The van der Waals surface area contributed by atoms with Crippen molar-refractivity contribution in [3.63, 3.8) is 0 Å². The number of carbonyl (C=O) groups is 2. The molecule has 186 valence electrons. The highest BCUT2D eigenvalue weighted by Crippen LogP contribution is 2.34. The summed E-state index contributed by atoms with van der Waals surface area (Å²) in [5.41, 5.74) is 3.02. The third kappa shape index (κ3) is 5.10. The summed E-state index contributed by atoms with van der Waals surface area (Å²) >= 11 is 2.69. The number of furan rings is 1. The van der Waals surface area contributed by atoms with E-state index in [1.165, 1.54) is 28.7 Å². The summed E-state index contributed by atoms with van der Waals surface area (Å²) in [7, 11) is 0. The van der Waals surface area contributed by atoms with E-state index in [1.54, 1.807) is 28.7 Å². The van der Waals surface area contributed by atoms with Crippen LogP contribution in [0.1, 0.15) is 34.3 Å². The fourth-order valence-electron chi connectivity index (χ4n) is 4.22. The van der Waals surface area contributed by atoms with Crippen molar-refractivity contribution < 1.29 is 14.0 Å². The molecule has 1 aromatic carbocycles. The maximum atomic E-state index is 13.7. The van der Waals surface area contributed by atoms with E-state index in [0.29, 0.717) is 47.2 Å². The topological polar surface area (TPSA) is 97.4 Å². The molecule has 3 aromatic heterocycles. The minimum Gasteiger partial charge on any atom is -0.467 e. The van der Waals surface area contributed by atoms with Gasteiger partial charge in [0.15, 0.2) is 5.16 Å². The summed E-state index contributed by atoms with van der Waals surface area (Å²) in [4.78, 5) is 46.4. The number of amides is 2. The number of aromatic nitrogens is 2. The van der Waals surface area contributed by atoms with E-state index in [0.717, 1.165) is 16.0 Å². The van der Waals surface area contributed by atoms with E-state index < -0.39 is 0 Å². The van der Waals surface area contributed by atoms with Crippen LogP contribution in [-0.4, -0.2) is 38.6 Å². The van der Waals surface area contributed by atoms with Crippen molar-refractivity contribution in [1.29, 1.82) is 0 Å². The molecule has 36 heavy (non-hydrogen) atoms. The van der Waals surface area contributed by atoms with Gasteiger partial charge in [-0.1, -0.05) is 41.6 Å². The van der Waals surface area contributed by atoms with Gasteiger partial charge in [-0.15, -0.1) is 11.3 Å². The van der Waals surface area contributed by atoms with Crippen LogP contribution in [0.3, 0.4) is 0 Å². The molecule has 0 spiro atoms. The molecule has 0 atom stereocenters. The zero-order chi connectivity index (χ0) is 25.2. The first kappa shape index (κ1) is 24.3. The number of hydrogen-bond donors (Lipinski definition) is 1. The molecular weight excluding hydrogens is 496 g/mol. The highest BCUT2D eigenvalue weighted by Gasteiger charge is 2.26. The van der Waals surface area contributed by atoms with Gasteiger partial charge in [-0.25, -0.2) is 4.98 Å². The Morgan fingerprint density at radius 1 is 1.22 bits per heavy atom. The van der Waals surface area contributed by atoms with Gasteiger partial charge >= 0.3 is 0 Å². The molecule has 0 radical (unpaired) electrons. The van der Waals surface area contributed by atoms with E-state index in [4.69, 9.17) is 9.40 Å². The molecule has 1 N–H and O–H groups in total. The van der Waals surface area contributed by atoms with Crippen LogP contribution in [0.2, 0.25) is 0 Å². The molecular formula is C26H26N4O4S2. The summed E-state index contributed by atoms with van der Waals surface area (Å²) in [6.45, 7) is 5.33. The standard InChI is InChI=1S/C26H26N4O4S2/c1-16-5-7-18(8-6-16)12-27-22(32)15-35-26-28-24-23(25(33)30(26)13-19-4-3-11-34-19)20-9-10-29(17(2)31)14-21(20)36-24/h3-8,11H,9-10,12-15H2,1-2H3,(H,27,32). The Labute approximate surface area is 216 Å². The second-order valence-corrected chi connectivity index (χ2v) is 10.8. The number of benzene rings is 1. The summed E-state index contributed by atoms with van der Waals surface area (Å²) in [6, 6.07) is 11.6. The van der Waals surface area contributed by atoms with Crippen molar-refractivity contribution in [1.82, 2.24) is 19.8 Å². The van der Waals surface area contributed by atoms with Crippen molar-refractivity contribution in [2.24, 2.45) is 0 Å². The van der Waals surface area contributed by atoms with Gasteiger partial charge in [-0.2, -0.15) is 0 Å². The number of aryl methyl sites for hydroxylation is 1. The van der Waals surface area contributed by atoms with Crippen molar-refractivity contribution in [2.75, 3.05) is 12.3 Å². The molecule has 0 unspecified atom stereocenters. The first-order chi connectivity index (χ1) is 17.4. The highest BCUT2D eigenvalue weighted by molar-refractivity contribution is 7.99. The average Bonchev–Trinajstić information content (AvgIpc) is 3.51. The number of fused-ring (bicyclic) bond motifs is 3. The van der Waals surface area contributed by atoms with Gasteiger partial charge in [0.25, 0.3) is 5.56 Å². The van der Waals surface area contributed by atoms with E-state index in [9.17, 15) is 14.4 Å². The predicted molar refractivity (Wildman–Crippen MR) is 140 cm³/mol. The SMILES string of the molecule is CC(=O)N1CCc2c(sc3nc(SCC(=O)NCc4ccc(C)cc4)n(Cc4ccco4)c(=O)c23)C1. The number of carbonyl (C=O) groups excluding carboxylic acids is 2. The molecule has 8 nitrogen and oxygen atoms in total. The lowest BCUT2D eigenvalue weighted by Crippen LogP contribution is -2.34. The molecule has 2 amide bonds. The molecule has 0 saturated heterocycles. The van der Waals surface area contributed by atoms with Gasteiger partial charge in [0.05, 0.1) is 30.5 Å². The van der Waals surface area contributed by atoms with Gasteiger partial charge in [0.1, 0.15) is 10.6 Å². The van der Waals surface area contributed by atoms with Crippen molar-refractivity contribution >= 4 is 45.1 Å². The van der Waals surface area contributed by atoms with Gasteiger partial charge in [0.2, 0.25) is 11.8 Å². The van der Waals surface area contributed by atoms with Gasteiger partial charge in [-0.05, 0) is 36.6 Å². The molecule has 10 heteroatoms. The van der Waals surface area contributed by atoms with Crippen LogP contribution in [0.4, 0.5) is 0 Å². The van der Waals surface area contributed by atoms with Crippen LogP contribution in [-0.2, 0) is 35.6 Å².